The molecule has 0 aliphatic rings. The van der Waals surface area contributed by atoms with Gasteiger partial charge in [-0.15, -0.1) is 0 Å². The molecule has 0 saturated carbocycles. The number of benzene rings is 2. The maximum Gasteiger partial charge on any atom is 0.217 e. The maximum absolute atomic E-state index is 5.67. The highest BCUT2D eigenvalue weighted by atomic mass is 28.4. The minimum absolute atomic E-state index is 1.21. The second-order valence-corrected chi connectivity index (χ2v) is 16.2. The van der Waals surface area contributed by atoms with Gasteiger partial charge in [0, 0.05) is 7.11 Å². The van der Waals surface area contributed by atoms with Gasteiger partial charge in [-0.05, 0) is 29.4 Å². The minimum Gasteiger partial charge on any atom is -0.416 e. The van der Waals surface area contributed by atoms with Crippen molar-refractivity contribution >= 4 is 26.8 Å². The van der Waals surface area contributed by atoms with E-state index in [0.717, 1.165) is 0 Å². The van der Waals surface area contributed by atoms with E-state index in [0.29, 0.717) is 0 Å². The smallest absolute Gasteiger partial charge is 0.217 e. The quantitative estimate of drug-likeness (QED) is 0.776. The summed E-state index contributed by atoms with van der Waals surface area (Å²) in [6, 6.07) is 18.0. The van der Waals surface area contributed by atoms with Crippen molar-refractivity contribution in [3.05, 3.63) is 48.5 Å². The van der Waals surface area contributed by atoms with Gasteiger partial charge in [0.25, 0.3) is 0 Å². The molecule has 112 valence electrons. The molecule has 0 fully saturated rings. The lowest BCUT2D eigenvalue weighted by atomic mass is 10.1. The third-order valence-electron chi connectivity index (χ3n) is 4.17. The molecule has 2 rings (SSSR count). The van der Waals surface area contributed by atoms with Crippen molar-refractivity contribution < 1.29 is 4.43 Å². The van der Waals surface area contributed by atoms with Crippen LogP contribution in [0.1, 0.15) is 0 Å². The molecule has 0 radical (unpaired) electrons. The van der Waals surface area contributed by atoms with E-state index in [2.05, 4.69) is 81.3 Å². The van der Waals surface area contributed by atoms with Crippen LogP contribution >= 0.6 is 0 Å². The highest BCUT2D eigenvalue weighted by molar-refractivity contribution is 6.88. The van der Waals surface area contributed by atoms with E-state index in [9.17, 15) is 0 Å². The average Bonchev–Trinajstić information content (AvgIpc) is 2.47. The lowest BCUT2D eigenvalue weighted by molar-refractivity contribution is 0.416. The zero-order valence-corrected chi connectivity index (χ0v) is 16.0. The van der Waals surface area contributed by atoms with Gasteiger partial charge >= 0.3 is 0 Å². The Morgan fingerprint density at radius 3 is 1.33 bits per heavy atom. The Kier molecular flexibility index (Phi) is 4.56. The second kappa shape index (κ2) is 5.91. The Labute approximate surface area is 131 Å². The van der Waals surface area contributed by atoms with Crippen molar-refractivity contribution in [1.29, 1.82) is 0 Å². The van der Waals surface area contributed by atoms with Gasteiger partial charge in [-0.3, -0.25) is 0 Å². The van der Waals surface area contributed by atoms with E-state index in [1.807, 2.05) is 7.11 Å². The van der Waals surface area contributed by atoms with Crippen molar-refractivity contribution in [3.8, 4) is 11.1 Å². The zero-order valence-electron chi connectivity index (χ0n) is 14.0. The minimum atomic E-state index is -1.71. The first-order chi connectivity index (χ1) is 9.74. The van der Waals surface area contributed by atoms with Gasteiger partial charge in [0.05, 0.1) is 8.07 Å². The summed E-state index contributed by atoms with van der Waals surface area (Å²) in [7, 11) is -1.10. The summed E-state index contributed by atoms with van der Waals surface area (Å²) in [6.07, 6.45) is 0. The molecular weight excluding hydrogens is 288 g/mol. The van der Waals surface area contributed by atoms with E-state index < -0.39 is 16.4 Å². The van der Waals surface area contributed by atoms with Gasteiger partial charge in [0.15, 0.2) is 0 Å². The molecule has 2 aromatic rings. The molecule has 0 aliphatic carbocycles. The van der Waals surface area contributed by atoms with Crippen LogP contribution in [-0.4, -0.2) is 23.5 Å². The lowest BCUT2D eigenvalue weighted by Crippen LogP contribution is -2.43. The third-order valence-corrected chi connectivity index (χ3v) is 8.98. The fourth-order valence-electron chi connectivity index (χ4n) is 2.34. The monoisotopic (exact) mass is 314 g/mol. The molecule has 0 bridgehead atoms. The van der Waals surface area contributed by atoms with Crippen molar-refractivity contribution in [2.45, 2.75) is 32.7 Å². The Morgan fingerprint density at radius 1 is 0.619 bits per heavy atom. The van der Waals surface area contributed by atoms with E-state index in [1.54, 1.807) is 0 Å². The molecule has 3 heteroatoms. The predicted molar refractivity (Wildman–Crippen MR) is 99.0 cm³/mol. The first kappa shape index (κ1) is 16.2. The van der Waals surface area contributed by atoms with Crippen LogP contribution in [0.4, 0.5) is 0 Å². The van der Waals surface area contributed by atoms with E-state index in [4.69, 9.17) is 4.43 Å². The molecule has 0 N–H and O–H groups in total. The molecule has 21 heavy (non-hydrogen) atoms. The summed E-state index contributed by atoms with van der Waals surface area (Å²) in [5.41, 5.74) is 2.57. The largest absolute Gasteiger partial charge is 0.416 e. The number of hydrogen-bond acceptors (Lipinski definition) is 1. The summed E-state index contributed by atoms with van der Waals surface area (Å²) in [5, 5.41) is 2.85. The van der Waals surface area contributed by atoms with Crippen molar-refractivity contribution in [2.24, 2.45) is 0 Å². The van der Waals surface area contributed by atoms with Gasteiger partial charge in [-0.1, -0.05) is 73.4 Å². The summed E-state index contributed by atoms with van der Waals surface area (Å²) < 4.78 is 5.67. The average molecular weight is 315 g/mol. The van der Waals surface area contributed by atoms with Gasteiger partial charge in [0.2, 0.25) is 8.32 Å². The highest BCUT2D eigenvalue weighted by Crippen LogP contribution is 2.19. The first-order valence-electron chi connectivity index (χ1n) is 7.51. The van der Waals surface area contributed by atoms with Crippen LogP contribution in [0.25, 0.3) is 11.1 Å². The van der Waals surface area contributed by atoms with Crippen molar-refractivity contribution in [2.75, 3.05) is 7.11 Å². The van der Waals surface area contributed by atoms with Crippen LogP contribution in [0, 0.1) is 0 Å². The van der Waals surface area contributed by atoms with Crippen LogP contribution in [0.5, 0.6) is 0 Å². The molecule has 0 unspecified atom stereocenters. The standard InChI is InChI=1S/C18H26OSi2/c1-19-21(5,6)18-13-9-16(10-14-18)15-7-11-17(12-8-15)20(2,3)4/h7-14H,1-6H3. The van der Waals surface area contributed by atoms with Crippen LogP contribution in [-0.2, 0) is 4.43 Å². The topological polar surface area (TPSA) is 9.23 Å². The van der Waals surface area contributed by atoms with Gasteiger partial charge in [-0.25, -0.2) is 0 Å². The fourth-order valence-corrected chi connectivity index (χ4v) is 4.72. The SMILES string of the molecule is CO[Si](C)(C)c1ccc(-c2ccc([Si](C)(C)C)cc2)cc1. The molecule has 0 aliphatic heterocycles. The highest BCUT2D eigenvalue weighted by Gasteiger charge is 2.23. The molecule has 0 amide bonds. The molecule has 0 spiro atoms. The zero-order chi connectivity index (χ0) is 15.7. The molecule has 1 nitrogen and oxygen atoms in total. The summed E-state index contributed by atoms with van der Waals surface area (Å²) in [6.45, 7) is 11.6. The van der Waals surface area contributed by atoms with E-state index in [1.165, 1.54) is 21.5 Å². The second-order valence-electron chi connectivity index (χ2n) is 7.12. The molecule has 0 heterocycles. The van der Waals surface area contributed by atoms with Crippen LogP contribution < -0.4 is 10.4 Å². The Balaban J connectivity index is 2.27. The molecule has 0 saturated heterocycles. The van der Waals surface area contributed by atoms with Gasteiger partial charge in [0.1, 0.15) is 0 Å². The van der Waals surface area contributed by atoms with Gasteiger partial charge in [-0.2, -0.15) is 0 Å². The maximum atomic E-state index is 5.67. The molecule has 2 aromatic carbocycles. The fraction of sp³-hybridized carbons (Fsp3) is 0.333. The van der Waals surface area contributed by atoms with Crippen LogP contribution in [0.2, 0.25) is 32.7 Å². The number of hydrogen-bond donors (Lipinski definition) is 0. The Morgan fingerprint density at radius 2 is 1.00 bits per heavy atom. The summed E-state index contributed by atoms with van der Waals surface area (Å²) in [4.78, 5) is 0. The van der Waals surface area contributed by atoms with Crippen molar-refractivity contribution in [3.63, 3.8) is 0 Å². The first-order valence-corrected chi connectivity index (χ1v) is 13.9. The normalized spacial score (nSPS) is 12.5. The lowest BCUT2D eigenvalue weighted by Gasteiger charge is -2.20. The Hall–Kier alpha value is -1.17. The summed E-state index contributed by atoms with van der Waals surface area (Å²) in [5.74, 6) is 0. The van der Waals surface area contributed by atoms with Crippen LogP contribution in [0.3, 0.4) is 0 Å². The third kappa shape index (κ3) is 3.73. The summed E-state index contributed by atoms with van der Waals surface area (Å²) >= 11 is 0. The predicted octanol–water partition coefficient (Wildman–Crippen LogP) is 3.96. The van der Waals surface area contributed by atoms with E-state index in [-0.39, 0.29) is 0 Å². The van der Waals surface area contributed by atoms with E-state index >= 15 is 0 Å². The van der Waals surface area contributed by atoms with Crippen molar-refractivity contribution in [1.82, 2.24) is 0 Å². The molecule has 0 atom stereocenters. The molecular formula is C18H26OSi2. The van der Waals surface area contributed by atoms with Gasteiger partial charge < -0.3 is 4.43 Å². The Bertz CT molecular complexity index is 593. The van der Waals surface area contributed by atoms with Crippen LogP contribution in [0.15, 0.2) is 48.5 Å². The number of rotatable bonds is 4. The molecule has 0 aromatic heterocycles.